The van der Waals surface area contributed by atoms with Crippen molar-refractivity contribution in [1.29, 1.82) is 0 Å². The number of isocyanates is 1. The Morgan fingerprint density at radius 3 is 2.38 bits per heavy atom. The van der Waals surface area contributed by atoms with Crippen molar-refractivity contribution in [1.82, 2.24) is 15.0 Å². The SMILES string of the molecule is COc1ccc(-c2c(F)cc([N+](=O)[O-])cc2[N+](=O)[O-])cc1N=C=O.O=c1nc[nH]c(=O)[nH]1. The first-order chi connectivity index (χ1) is 15.2. The van der Waals surface area contributed by atoms with Crippen molar-refractivity contribution < 1.29 is 23.8 Å². The summed E-state index contributed by atoms with van der Waals surface area (Å²) in [6.07, 6.45) is 2.33. The Labute approximate surface area is 175 Å². The average Bonchev–Trinajstić information content (AvgIpc) is 2.73. The number of methoxy groups -OCH3 is 1. The number of benzene rings is 2. The summed E-state index contributed by atoms with van der Waals surface area (Å²) in [5.41, 5.74) is -3.18. The fraction of sp³-hybridized carbons (Fsp3) is 0.0588. The van der Waals surface area contributed by atoms with E-state index in [0.29, 0.717) is 12.1 Å². The molecular formula is C17H11FN6O8. The minimum Gasteiger partial charge on any atom is -0.494 e. The van der Waals surface area contributed by atoms with Crippen molar-refractivity contribution in [3.05, 3.63) is 83.7 Å². The molecule has 0 saturated heterocycles. The van der Waals surface area contributed by atoms with Crippen molar-refractivity contribution in [2.75, 3.05) is 7.11 Å². The van der Waals surface area contributed by atoms with E-state index in [9.17, 15) is 39.0 Å². The van der Waals surface area contributed by atoms with Gasteiger partial charge in [0.1, 0.15) is 23.6 Å². The van der Waals surface area contributed by atoms with Gasteiger partial charge in [0.25, 0.3) is 11.4 Å². The van der Waals surface area contributed by atoms with E-state index in [2.05, 4.69) is 15.0 Å². The number of rotatable bonds is 5. The Morgan fingerprint density at radius 1 is 1.16 bits per heavy atom. The summed E-state index contributed by atoms with van der Waals surface area (Å²) in [6, 6.07) is 5.05. The minimum atomic E-state index is -1.15. The highest BCUT2D eigenvalue weighted by Crippen LogP contribution is 2.39. The third kappa shape index (κ3) is 5.52. The smallest absolute Gasteiger partial charge is 0.350 e. The minimum absolute atomic E-state index is 0.00361. The lowest BCUT2D eigenvalue weighted by Gasteiger charge is -2.08. The molecule has 1 aromatic heterocycles. The Kier molecular flexibility index (Phi) is 7.36. The van der Waals surface area contributed by atoms with E-state index in [1.165, 1.54) is 31.4 Å². The summed E-state index contributed by atoms with van der Waals surface area (Å²) in [5, 5.41) is 21.9. The van der Waals surface area contributed by atoms with E-state index >= 15 is 0 Å². The van der Waals surface area contributed by atoms with Crippen molar-refractivity contribution >= 4 is 23.1 Å². The van der Waals surface area contributed by atoms with Gasteiger partial charge < -0.3 is 4.74 Å². The zero-order chi connectivity index (χ0) is 23.8. The number of aliphatic imine (C=N–C) groups is 1. The van der Waals surface area contributed by atoms with Crippen LogP contribution in [0.25, 0.3) is 11.1 Å². The van der Waals surface area contributed by atoms with Crippen molar-refractivity contribution in [2.24, 2.45) is 4.99 Å². The van der Waals surface area contributed by atoms with E-state index in [4.69, 9.17) is 4.74 Å². The number of nitrogens with one attached hydrogen (secondary N) is 2. The quantitative estimate of drug-likeness (QED) is 0.253. The van der Waals surface area contributed by atoms with Crippen LogP contribution in [0.5, 0.6) is 5.75 Å². The molecule has 0 amide bonds. The van der Waals surface area contributed by atoms with Gasteiger partial charge in [0.05, 0.1) is 34.7 Å². The molecule has 0 aliphatic carbocycles. The number of halogens is 1. The highest BCUT2D eigenvalue weighted by molar-refractivity contribution is 5.79. The molecule has 3 aromatic rings. The Morgan fingerprint density at radius 2 is 1.88 bits per heavy atom. The molecule has 32 heavy (non-hydrogen) atoms. The second-order valence-corrected chi connectivity index (χ2v) is 5.59. The second kappa shape index (κ2) is 10.1. The molecule has 0 spiro atoms. The lowest BCUT2D eigenvalue weighted by molar-refractivity contribution is -0.394. The van der Waals surface area contributed by atoms with E-state index in [-0.39, 0.29) is 17.0 Å². The number of aromatic amines is 2. The Balaban J connectivity index is 0.000000380. The highest BCUT2D eigenvalue weighted by Gasteiger charge is 2.26. The molecule has 2 aromatic carbocycles. The fourth-order valence-corrected chi connectivity index (χ4v) is 2.41. The number of nitro groups is 2. The summed E-state index contributed by atoms with van der Waals surface area (Å²) < 4.78 is 19.2. The molecule has 0 atom stereocenters. The first kappa shape index (κ1) is 23.2. The largest absolute Gasteiger partial charge is 0.494 e. The summed E-state index contributed by atoms with van der Waals surface area (Å²) >= 11 is 0. The van der Waals surface area contributed by atoms with Crippen LogP contribution in [-0.4, -0.2) is 38.0 Å². The number of carbonyl (C=O) groups excluding carboxylic acids is 1. The molecule has 3 rings (SSSR count). The van der Waals surface area contributed by atoms with E-state index < -0.39 is 44.0 Å². The van der Waals surface area contributed by atoms with Crippen LogP contribution in [0.1, 0.15) is 0 Å². The lowest BCUT2D eigenvalue weighted by atomic mass is 10.0. The van der Waals surface area contributed by atoms with Crippen molar-refractivity contribution in [3.63, 3.8) is 0 Å². The number of aromatic nitrogens is 3. The standard InChI is InChI=1S/C14H8FN3O6.C3H3N3O2/c1-24-13-3-2-8(4-11(13)16-7-19)14-10(15)5-9(17(20)21)6-12(14)18(22)23;7-2-4-1-5-3(8)6-2/h2-6H,1H3;1H,(H2,4,5,6,7,8). The average molecular weight is 446 g/mol. The van der Waals surface area contributed by atoms with Gasteiger partial charge in [0.2, 0.25) is 6.08 Å². The second-order valence-electron chi connectivity index (χ2n) is 5.59. The van der Waals surface area contributed by atoms with Gasteiger partial charge >= 0.3 is 11.4 Å². The molecular weight excluding hydrogens is 435 g/mol. The number of ether oxygens (including phenoxy) is 1. The number of hydrogen-bond donors (Lipinski definition) is 2. The maximum Gasteiger partial charge on any atom is 0.350 e. The van der Waals surface area contributed by atoms with Crippen LogP contribution in [-0.2, 0) is 4.79 Å². The van der Waals surface area contributed by atoms with E-state index in [1.807, 2.05) is 4.98 Å². The van der Waals surface area contributed by atoms with Crippen LogP contribution in [0.3, 0.4) is 0 Å². The molecule has 0 aliphatic rings. The monoisotopic (exact) mass is 446 g/mol. The zero-order valence-corrected chi connectivity index (χ0v) is 15.9. The van der Waals surface area contributed by atoms with E-state index in [0.717, 1.165) is 6.33 Å². The normalized spacial score (nSPS) is 9.69. The fourth-order valence-electron chi connectivity index (χ4n) is 2.41. The molecule has 0 aliphatic heterocycles. The first-order valence-electron chi connectivity index (χ1n) is 8.20. The van der Waals surface area contributed by atoms with Gasteiger partial charge in [-0.1, -0.05) is 6.07 Å². The Bertz CT molecular complexity index is 1320. The maximum atomic E-state index is 14.3. The molecule has 0 unspecified atom stereocenters. The molecule has 15 heteroatoms. The van der Waals surface area contributed by atoms with Gasteiger partial charge in [-0.15, -0.1) is 0 Å². The molecule has 2 N–H and O–H groups in total. The predicted molar refractivity (Wildman–Crippen MR) is 105 cm³/mol. The number of non-ortho nitro benzene ring substituents is 1. The molecule has 0 saturated carbocycles. The van der Waals surface area contributed by atoms with Gasteiger partial charge in [0.15, 0.2) is 0 Å². The van der Waals surface area contributed by atoms with Crippen molar-refractivity contribution in [2.45, 2.75) is 0 Å². The van der Waals surface area contributed by atoms with Gasteiger partial charge in [-0.05, 0) is 17.7 Å². The van der Waals surface area contributed by atoms with Crippen LogP contribution in [0, 0.1) is 26.0 Å². The number of nitrogens with zero attached hydrogens (tertiary/aromatic N) is 4. The zero-order valence-electron chi connectivity index (χ0n) is 15.9. The van der Waals surface area contributed by atoms with Crippen LogP contribution in [0.2, 0.25) is 0 Å². The highest BCUT2D eigenvalue weighted by atomic mass is 19.1. The third-order valence-corrected chi connectivity index (χ3v) is 3.69. The van der Waals surface area contributed by atoms with Crippen LogP contribution in [0.4, 0.5) is 21.5 Å². The van der Waals surface area contributed by atoms with Gasteiger partial charge in [0, 0.05) is 0 Å². The summed E-state index contributed by atoms with van der Waals surface area (Å²) in [7, 11) is 1.31. The molecule has 0 radical (unpaired) electrons. The molecule has 1 heterocycles. The van der Waals surface area contributed by atoms with Gasteiger partial charge in [-0.3, -0.25) is 30.2 Å². The summed E-state index contributed by atoms with van der Waals surface area (Å²) in [4.78, 5) is 61.3. The number of H-pyrrole nitrogens is 2. The van der Waals surface area contributed by atoms with Gasteiger partial charge in [-0.2, -0.15) is 9.98 Å². The predicted octanol–water partition coefficient (Wildman–Crippen LogP) is 1.74. The molecule has 0 bridgehead atoms. The third-order valence-electron chi connectivity index (χ3n) is 3.69. The number of nitro benzene ring substituents is 2. The van der Waals surface area contributed by atoms with Gasteiger partial charge in [-0.25, -0.2) is 18.8 Å². The van der Waals surface area contributed by atoms with E-state index in [1.54, 1.807) is 0 Å². The topological polar surface area (TPSA) is 204 Å². The summed E-state index contributed by atoms with van der Waals surface area (Å²) in [5.74, 6) is -0.978. The molecule has 14 nitrogen and oxygen atoms in total. The first-order valence-corrected chi connectivity index (χ1v) is 8.20. The molecule has 164 valence electrons. The molecule has 0 fully saturated rings. The van der Waals surface area contributed by atoms with Crippen LogP contribution >= 0.6 is 0 Å². The van der Waals surface area contributed by atoms with Crippen LogP contribution < -0.4 is 16.1 Å². The number of hydrogen-bond acceptors (Lipinski definition) is 10. The van der Waals surface area contributed by atoms with Crippen LogP contribution in [0.15, 0.2) is 51.2 Å². The maximum absolute atomic E-state index is 14.3. The lowest BCUT2D eigenvalue weighted by Crippen LogP contribution is -2.22. The Hall–Kier alpha value is -5.04. The summed E-state index contributed by atoms with van der Waals surface area (Å²) in [6.45, 7) is 0. The van der Waals surface area contributed by atoms with Crippen molar-refractivity contribution in [3.8, 4) is 16.9 Å².